The van der Waals surface area contributed by atoms with Crippen LogP contribution in [0.1, 0.15) is 26.2 Å². The summed E-state index contributed by atoms with van der Waals surface area (Å²) in [6.45, 7) is 5.31. The number of ether oxygens (including phenoxy) is 2. The lowest BCUT2D eigenvalue weighted by Gasteiger charge is -2.07. The van der Waals surface area contributed by atoms with E-state index in [1.807, 2.05) is 6.92 Å². The van der Waals surface area contributed by atoms with E-state index < -0.39 is 0 Å². The highest BCUT2D eigenvalue weighted by Gasteiger charge is 2.03. The van der Waals surface area contributed by atoms with Gasteiger partial charge in [-0.05, 0) is 6.42 Å². The van der Waals surface area contributed by atoms with E-state index in [1.54, 1.807) is 0 Å². The fourth-order valence-electron chi connectivity index (χ4n) is 1.33. The number of carbonyl (C=O) groups is 2. The molecule has 0 fully saturated rings. The Hall–Kier alpha value is -1.18. The average Bonchev–Trinajstić information content (AvgIpc) is 2.44. The Morgan fingerprint density at radius 3 is 2.15 bits per heavy atom. The number of hydrogen-bond acceptors (Lipinski definition) is 5. The molecule has 118 valence electrons. The maximum Gasteiger partial charge on any atom is 0.222 e. The van der Waals surface area contributed by atoms with Gasteiger partial charge in [-0.15, -0.1) is 0 Å². The molecule has 0 rings (SSSR count). The summed E-state index contributed by atoms with van der Waals surface area (Å²) >= 11 is 0. The van der Waals surface area contributed by atoms with Crippen LogP contribution in [0.5, 0.6) is 0 Å². The fourth-order valence-corrected chi connectivity index (χ4v) is 1.33. The van der Waals surface area contributed by atoms with E-state index in [1.165, 1.54) is 0 Å². The molecule has 0 aliphatic heterocycles. The molecule has 0 aliphatic rings. The lowest BCUT2D eigenvalue weighted by molar-refractivity contribution is -0.123. The Bertz CT molecular complexity index is 262. The van der Waals surface area contributed by atoms with Gasteiger partial charge in [-0.1, -0.05) is 6.92 Å². The molecule has 0 aromatic carbocycles. The van der Waals surface area contributed by atoms with Gasteiger partial charge in [0.1, 0.15) is 0 Å². The zero-order chi connectivity index (χ0) is 15.1. The van der Waals surface area contributed by atoms with Gasteiger partial charge in [0.25, 0.3) is 0 Å². The summed E-state index contributed by atoms with van der Waals surface area (Å²) in [5.74, 6) is -0.156. The first kappa shape index (κ1) is 18.8. The highest BCUT2D eigenvalue weighted by atomic mass is 16.5. The van der Waals surface area contributed by atoms with Crippen molar-refractivity contribution in [2.24, 2.45) is 5.73 Å². The van der Waals surface area contributed by atoms with Gasteiger partial charge in [0.15, 0.2) is 0 Å². The van der Waals surface area contributed by atoms with Crippen LogP contribution in [0.25, 0.3) is 0 Å². The lowest BCUT2D eigenvalue weighted by atomic mass is 10.3. The van der Waals surface area contributed by atoms with Crippen LogP contribution in [0, 0.1) is 0 Å². The summed E-state index contributed by atoms with van der Waals surface area (Å²) in [6.07, 6.45) is 1.50. The third kappa shape index (κ3) is 13.3. The summed E-state index contributed by atoms with van der Waals surface area (Å²) in [4.78, 5) is 22.7. The first-order valence-electron chi connectivity index (χ1n) is 7.09. The van der Waals surface area contributed by atoms with E-state index in [-0.39, 0.29) is 18.2 Å². The van der Waals surface area contributed by atoms with Crippen molar-refractivity contribution in [2.75, 3.05) is 46.1 Å². The summed E-state index contributed by atoms with van der Waals surface area (Å²) in [6, 6.07) is 0. The van der Waals surface area contributed by atoms with Gasteiger partial charge in [-0.25, -0.2) is 0 Å². The van der Waals surface area contributed by atoms with E-state index in [4.69, 9.17) is 15.2 Å². The largest absolute Gasteiger partial charge is 0.379 e. The van der Waals surface area contributed by atoms with Crippen LogP contribution >= 0.6 is 0 Å². The van der Waals surface area contributed by atoms with Crippen molar-refractivity contribution in [3.05, 3.63) is 0 Å². The maximum atomic E-state index is 11.4. The van der Waals surface area contributed by atoms with Crippen molar-refractivity contribution in [1.29, 1.82) is 0 Å². The number of nitrogens with one attached hydrogen (secondary N) is 2. The van der Waals surface area contributed by atoms with Gasteiger partial charge in [-0.3, -0.25) is 9.59 Å². The molecule has 7 nitrogen and oxygen atoms in total. The van der Waals surface area contributed by atoms with E-state index in [2.05, 4.69) is 10.6 Å². The van der Waals surface area contributed by atoms with Crippen molar-refractivity contribution < 1.29 is 19.1 Å². The Morgan fingerprint density at radius 2 is 1.50 bits per heavy atom. The predicted octanol–water partition coefficient (Wildman–Crippen LogP) is -0.599. The maximum absolute atomic E-state index is 11.4. The van der Waals surface area contributed by atoms with Crippen LogP contribution in [0.15, 0.2) is 0 Å². The Morgan fingerprint density at radius 1 is 0.900 bits per heavy atom. The first-order valence-corrected chi connectivity index (χ1v) is 7.09. The van der Waals surface area contributed by atoms with E-state index >= 15 is 0 Å². The molecule has 0 spiro atoms. The van der Waals surface area contributed by atoms with Gasteiger partial charge >= 0.3 is 0 Å². The van der Waals surface area contributed by atoms with Gasteiger partial charge < -0.3 is 25.8 Å². The summed E-state index contributed by atoms with van der Waals surface area (Å²) in [7, 11) is 0. The van der Waals surface area contributed by atoms with Crippen molar-refractivity contribution in [2.45, 2.75) is 26.2 Å². The Labute approximate surface area is 120 Å². The van der Waals surface area contributed by atoms with Gasteiger partial charge in [0.2, 0.25) is 11.8 Å². The van der Waals surface area contributed by atoms with Gasteiger partial charge in [-0.2, -0.15) is 0 Å². The smallest absolute Gasteiger partial charge is 0.222 e. The van der Waals surface area contributed by atoms with Crippen molar-refractivity contribution in [3.8, 4) is 0 Å². The SMILES string of the molecule is CCCNC(=O)CCNC(=O)CCOCCOCCN. The van der Waals surface area contributed by atoms with Gasteiger partial charge in [0.05, 0.1) is 26.4 Å². The number of carbonyl (C=O) groups excluding carboxylic acids is 2. The molecule has 0 aliphatic carbocycles. The molecule has 4 N–H and O–H groups in total. The molecular weight excluding hydrogens is 262 g/mol. The monoisotopic (exact) mass is 289 g/mol. The minimum Gasteiger partial charge on any atom is -0.379 e. The van der Waals surface area contributed by atoms with Crippen molar-refractivity contribution >= 4 is 11.8 Å². The predicted molar refractivity (Wildman–Crippen MR) is 76.2 cm³/mol. The quantitative estimate of drug-likeness (QED) is 0.393. The minimum absolute atomic E-state index is 0.0412. The summed E-state index contributed by atoms with van der Waals surface area (Å²) in [5.41, 5.74) is 5.26. The summed E-state index contributed by atoms with van der Waals surface area (Å²) in [5, 5.41) is 5.42. The topological polar surface area (TPSA) is 103 Å². The molecule has 2 amide bonds. The molecule has 20 heavy (non-hydrogen) atoms. The van der Waals surface area contributed by atoms with E-state index in [9.17, 15) is 9.59 Å². The zero-order valence-corrected chi connectivity index (χ0v) is 12.3. The molecular formula is C13H27N3O4. The van der Waals surface area contributed by atoms with Crippen LogP contribution in [-0.4, -0.2) is 57.9 Å². The standard InChI is InChI=1S/C13H27N3O4/c1-2-6-15-12(17)3-7-16-13(18)4-8-19-10-11-20-9-5-14/h2-11,14H2,1H3,(H,15,17)(H,16,18). The molecule has 0 atom stereocenters. The van der Waals surface area contributed by atoms with Crippen LogP contribution < -0.4 is 16.4 Å². The molecule has 0 radical (unpaired) electrons. The first-order chi connectivity index (χ1) is 9.70. The van der Waals surface area contributed by atoms with Gasteiger partial charge in [0, 0.05) is 32.5 Å². The number of hydrogen-bond donors (Lipinski definition) is 3. The molecule has 0 heterocycles. The molecule has 0 bridgehead atoms. The summed E-state index contributed by atoms with van der Waals surface area (Å²) < 4.78 is 10.3. The fraction of sp³-hybridized carbons (Fsp3) is 0.846. The van der Waals surface area contributed by atoms with Crippen LogP contribution in [-0.2, 0) is 19.1 Å². The Kier molecular flexibility index (Phi) is 13.4. The molecule has 0 aromatic rings. The van der Waals surface area contributed by atoms with Crippen LogP contribution in [0.3, 0.4) is 0 Å². The average molecular weight is 289 g/mol. The molecule has 0 saturated heterocycles. The normalized spacial score (nSPS) is 10.3. The second kappa shape index (κ2) is 14.2. The number of nitrogens with two attached hydrogens (primary N) is 1. The number of rotatable bonds is 13. The molecule has 7 heteroatoms. The second-order valence-corrected chi connectivity index (χ2v) is 4.21. The molecule has 0 unspecified atom stereocenters. The number of amides is 2. The molecule has 0 saturated carbocycles. The van der Waals surface area contributed by atoms with E-state index in [0.29, 0.717) is 52.5 Å². The molecule has 0 aromatic heterocycles. The second-order valence-electron chi connectivity index (χ2n) is 4.21. The van der Waals surface area contributed by atoms with Crippen LogP contribution in [0.4, 0.5) is 0 Å². The van der Waals surface area contributed by atoms with Crippen molar-refractivity contribution in [3.63, 3.8) is 0 Å². The van der Waals surface area contributed by atoms with E-state index in [0.717, 1.165) is 6.42 Å². The zero-order valence-electron chi connectivity index (χ0n) is 12.3. The lowest BCUT2D eigenvalue weighted by Crippen LogP contribution is -2.31. The van der Waals surface area contributed by atoms with Crippen molar-refractivity contribution in [1.82, 2.24) is 10.6 Å². The van der Waals surface area contributed by atoms with Crippen LogP contribution in [0.2, 0.25) is 0 Å². The minimum atomic E-state index is -0.115. The third-order valence-corrected chi connectivity index (χ3v) is 2.35. The highest BCUT2D eigenvalue weighted by molar-refractivity contribution is 5.78. The third-order valence-electron chi connectivity index (χ3n) is 2.35. The highest BCUT2D eigenvalue weighted by Crippen LogP contribution is 1.86. The Balaban J connectivity index is 3.30.